The highest BCUT2D eigenvalue weighted by atomic mass is 16.5. The topological polar surface area (TPSA) is 55.8 Å². The lowest BCUT2D eigenvalue weighted by Gasteiger charge is -2.29. The van der Waals surface area contributed by atoms with E-state index in [4.69, 9.17) is 9.47 Å². The fourth-order valence-electron chi connectivity index (χ4n) is 3.51. The van der Waals surface area contributed by atoms with Crippen molar-refractivity contribution in [3.8, 4) is 5.75 Å². The standard InChI is InChI=1S/C25H23NO4/c27-24(26-16-6-10-20-9-4-5-11-23(20)26)18-30-25(28)21-12-14-22(15-13-21)29-17-19-7-2-1-3-8-19/h1-5,7-9,11-15H,6,10,16-18H2. The smallest absolute Gasteiger partial charge is 0.338 e. The molecule has 0 aromatic heterocycles. The van der Waals surface area contributed by atoms with Gasteiger partial charge in [-0.05, 0) is 54.3 Å². The van der Waals surface area contributed by atoms with Crippen LogP contribution in [-0.4, -0.2) is 25.0 Å². The lowest BCUT2D eigenvalue weighted by molar-refractivity contribution is -0.121. The van der Waals surface area contributed by atoms with Crippen molar-refractivity contribution in [1.82, 2.24) is 0 Å². The van der Waals surface area contributed by atoms with Gasteiger partial charge in [-0.25, -0.2) is 4.79 Å². The summed E-state index contributed by atoms with van der Waals surface area (Å²) in [6.45, 7) is 0.816. The van der Waals surface area contributed by atoms with Crippen molar-refractivity contribution in [2.24, 2.45) is 0 Å². The van der Waals surface area contributed by atoms with Gasteiger partial charge in [-0.1, -0.05) is 48.5 Å². The van der Waals surface area contributed by atoms with Gasteiger partial charge in [0.15, 0.2) is 6.61 Å². The average molecular weight is 401 g/mol. The lowest BCUT2D eigenvalue weighted by atomic mass is 10.0. The zero-order chi connectivity index (χ0) is 20.8. The third kappa shape index (κ3) is 4.69. The van der Waals surface area contributed by atoms with Gasteiger partial charge in [0.05, 0.1) is 5.56 Å². The van der Waals surface area contributed by atoms with Crippen LogP contribution in [0.25, 0.3) is 0 Å². The zero-order valence-electron chi connectivity index (χ0n) is 16.6. The maximum Gasteiger partial charge on any atom is 0.338 e. The number of para-hydroxylation sites is 1. The Labute approximate surface area is 175 Å². The fourth-order valence-corrected chi connectivity index (χ4v) is 3.51. The van der Waals surface area contributed by atoms with Crippen LogP contribution in [0.4, 0.5) is 5.69 Å². The summed E-state index contributed by atoms with van der Waals surface area (Å²) in [6.07, 6.45) is 1.86. The third-order valence-corrected chi connectivity index (χ3v) is 5.08. The number of benzene rings is 3. The van der Waals surface area contributed by atoms with Crippen molar-refractivity contribution < 1.29 is 19.1 Å². The van der Waals surface area contributed by atoms with E-state index in [-0.39, 0.29) is 12.5 Å². The second-order valence-electron chi connectivity index (χ2n) is 7.15. The number of esters is 1. The second-order valence-corrected chi connectivity index (χ2v) is 7.15. The molecule has 152 valence electrons. The van der Waals surface area contributed by atoms with Crippen LogP contribution in [0.15, 0.2) is 78.9 Å². The molecule has 0 unspecified atom stereocenters. The van der Waals surface area contributed by atoms with Crippen molar-refractivity contribution in [2.45, 2.75) is 19.4 Å². The molecule has 5 heteroatoms. The third-order valence-electron chi connectivity index (χ3n) is 5.08. The first kappa shape index (κ1) is 19.7. The monoisotopic (exact) mass is 401 g/mol. The molecule has 0 fully saturated rings. The molecule has 3 aromatic rings. The second kappa shape index (κ2) is 9.27. The Bertz CT molecular complexity index is 1010. The summed E-state index contributed by atoms with van der Waals surface area (Å²) in [5, 5.41) is 0. The number of fused-ring (bicyclic) bond motifs is 1. The molecule has 1 amide bonds. The van der Waals surface area contributed by atoms with Crippen LogP contribution in [-0.2, 0) is 22.6 Å². The molecular formula is C25H23NO4. The molecular weight excluding hydrogens is 378 g/mol. The molecule has 0 N–H and O–H groups in total. The predicted molar refractivity (Wildman–Crippen MR) is 115 cm³/mol. The van der Waals surface area contributed by atoms with E-state index >= 15 is 0 Å². The summed E-state index contributed by atoms with van der Waals surface area (Å²) >= 11 is 0. The van der Waals surface area contributed by atoms with E-state index in [1.165, 1.54) is 0 Å². The average Bonchev–Trinajstić information content (AvgIpc) is 2.81. The van der Waals surface area contributed by atoms with Crippen LogP contribution in [0.2, 0.25) is 0 Å². The van der Waals surface area contributed by atoms with Gasteiger partial charge in [-0.15, -0.1) is 0 Å². The summed E-state index contributed by atoms with van der Waals surface area (Å²) in [5.41, 5.74) is 3.51. The SMILES string of the molecule is O=C(OCC(=O)N1CCCc2ccccc21)c1ccc(OCc2ccccc2)cc1. The number of carbonyl (C=O) groups excluding carboxylic acids is 2. The summed E-state index contributed by atoms with van der Waals surface area (Å²) in [6, 6.07) is 24.4. The highest BCUT2D eigenvalue weighted by Gasteiger charge is 2.23. The molecule has 0 spiro atoms. The van der Waals surface area contributed by atoms with Crippen LogP contribution in [0.5, 0.6) is 5.75 Å². The van der Waals surface area contributed by atoms with Crippen LogP contribution in [0, 0.1) is 0 Å². The summed E-state index contributed by atoms with van der Waals surface area (Å²) in [5.74, 6) is -0.0713. The van der Waals surface area contributed by atoms with Crippen molar-refractivity contribution in [1.29, 1.82) is 0 Å². The number of nitrogens with zero attached hydrogens (tertiary/aromatic N) is 1. The van der Waals surface area contributed by atoms with E-state index in [0.29, 0.717) is 24.5 Å². The predicted octanol–water partition coefficient (Wildman–Crippen LogP) is 4.40. The van der Waals surface area contributed by atoms with Gasteiger partial charge in [0, 0.05) is 12.2 Å². The highest BCUT2D eigenvalue weighted by Crippen LogP contribution is 2.26. The van der Waals surface area contributed by atoms with Gasteiger partial charge < -0.3 is 14.4 Å². The number of aryl methyl sites for hydroxylation is 1. The van der Waals surface area contributed by atoms with Crippen LogP contribution < -0.4 is 9.64 Å². The van der Waals surface area contributed by atoms with Crippen molar-refractivity contribution in [3.05, 3.63) is 95.6 Å². The van der Waals surface area contributed by atoms with Gasteiger partial charge >= 0.3 is 5.97 Å². The molecule has 1 heterocycles. The van der Waals surface area contributed by atoms with E-state index in [0.717, 1.165) is 29.7 Å². The number of carbonyl (C=O) groups is 2. The maximum atomic E-state index is 12.6. The summed E-state index contributed by atoms with van der Waals surface area (Å²) in [7, 11) is 0. The van der Waals surface area contributed by atoms with Gasteiger partial charge in [-0.2, -0.15) is 0 Å². The first-order valence-corrected chi connectivity index (χ1v) is 10.0. The fraction of sp³-hybridized carbons (Fsp3) is 0.200. The molecule has 3 aromatic carbocycles. The number of hydrogen-bond donors (Lipinski definition) is 0. The van der Waals surface area contributed by atoms with E-state index in [1.807, 2.05) is 54.6 Å². The Morgan fingerprint density at radius 3 is 2.40 bits per heavy atom. The van der Waals surface area contributed by atoms with E-state index in [2.05, 4.69) is 0 Å². The highest BCUT2D eigenvalue weighted by molar-refractivity contribution is 5.98. The molecule has 0 aliphatic carbocycles. The summed E-state index contributed by atoms with van der Waals surface area (Å²) in [4.78, 5) is 26.6. The normalized spacial score (nSPS) is 12.7. The number of hydrogen-bond acceptors (Lipinski definition) is 4. The quantitative estimate of drug-likeness (QED) is 0.575. The largest absolute Gasteiger partial charge is 0.489 e. The first-order valence-electron chi connectivity index (χ1n) is 10.0. The Morgan fingerprint density at radius 1 is 0.867 bits per heavy atom. The number of ether oxygens (including phenoxy) is 2. The Balaban J connectivity index is 1.30. The number of amides is 1. The molecule has 0 saturated heterocycles. The van der Waals surface area contributed by atoms with Gasteiger partial charge in [-0.3, -0.25) is 4.79 Å². The van der Waals surface area contributed by atoms with Gasteiger partial charge in [0.25, 0.3) is 5.91 Å². The van der Waals surface area contributed by atoms with Crippen molar-refractivity contribution in [2.75, 3.05) is 18.1 Å². The maximum absolute atomic E-state index is 12.6. The molecule has 0 bridgehead atoms. The Kier molecular flexibility index (Phi) is 6.09. The Hall–Kier alpha value is -3.60. The minimum atomic E-state index is -0.525. The Morgan fingerprint density at radius 2 is 1.60 bits per heavy atom. The number of rotatable bonds is 6. The van der Waals surface area contributed by atoms with Gasteiger partial charge in [0.1, 0.15) is 12.4 Å². The van der Waals surface area contributed by atoms with Crippen LogP contribution >= 0.6 is 0 Å². The van der Waals surface area contributed by atoms with E-state index in [1.54, 1.807) is 29.2 Å². The lowest BCUT2D eigenvalue weighted by Crippen LogP contribution is -2.38. The molecule has 30 heavy (non-hydrogen) atoms. The molecule has 1 aliphatic heterocycles. The minimum Gasteiger partial charge on any atom is -0.489 e. The zero-order valence-corrected chi connectivity index (χ0v) is 16.6. The van der Waals surface area contributed by atoms with E-state index in [9.17, 15) is 9.59 Å². The molecule has 0 atom stereocenters. The molecule has 0 radical (unpaired) electrons. The number of anilines is 1. The molecule has 5 nitrogen and oxygen atoms in total. The molecule has 1 aliphatic rings. The van der Waals surface area contributed by atoms with Gasteiger partial charge in [0.2, 0.25) is 0 Å². The van der Waals surface area contributed by atoms with Crippen LogP contribution in [0.3, 0.4) is 0 Å². The first-order chi connectivity index (χ1) is 14.7. The minimum absolute atomic E-state index is 0.210. The van der Waals surface area contributed by atoms with Crippen molar-refractivity contribution in [3.63, 3.8) is 0 Å². The molecule has 4 rings (SSSR count). The van der Waals surface area contributed by atoms with Crippen molar-refractivity contribution >= 4 is 17.6 Å². The van der Waals surface area contributed by atoms with Crippen LogP contribution in [0.1, 0.15) is 27.9 Å². The molecule has 0 saturated carbocycles. The van der Waals surface area contributed by atoms with E-state index < -0.39 is 5.97 Å². The summed E-state index contributed by atoms with van der Waals surface area (Å²) < 4.78 is 11.0.